The first-order chi connectivity index (χ1) is 11.9. The highest BCUT2D eigenvalue weighted by Crippen LogP contribution is 2.23. The van der Waals surface area contributed by atoms with Crippen LogP contribution in [0, 0.1) is 0 Å². The maximum atomic E-state index is 12.0. The van der Waals surface area contributed by atoms with Crippen molar-refractivity contribution in [2.75, 3.05) is 13.7 Å². The summed E-state index contributed by atoms with van der Waals surface area (Å²) in [6, 6.07) is 11.0. The summed E-state index contributed by atoms with van der Waals surface area (Å²) in [5.74, 6) is -1.15. The topological polar surface area (TPSA) is 84.9 Å². The molecule has 2 aromatic carbocycles. The molecule has 0 aromatic heterocycles. The molecule has 6 nitrogen and oxygen atoms in total. The van der Waals surface area contributed by atoms with Gasteiger partial charge in [0.15, 0.2) is 6.61 Å². The fourth-order valence-electron chi connectivity index (χ4n) is 2.16. The van der Waals surface area contributed by atoms with E-state index in [4.69, 9.17) is 21.1 Å². The van der Waals surface area contributed by atoms with Crippen molar-refractivity contribution in [1.82, 2.24) is 5.32 Å². The predicted octanol–water partition coefficient (Wildman–Crippen LogP) is 3.09. The molecular formula is C18H18ClNO5. The third-order valence-corrected chi connectivity index (χ3v) is 3.72. The van der Waals surface area contributed by atoms with Gasteiger partial charge >= 0.3 is 5.97 Å². The van der Waals surface area contributed by atoms with Crippen LogP contribution < -0.4 is 10.1 Å². The van der Waals surface area contributed by atoms with Crippen LogP contribution >= 0.6 is 11.6 Å². The molecule has 25 heavy (non-hydrogen) atoms. The number of amides is 1. The number of carbonyl (C=O) groups excluding carboxylic acids is 2. The summed E-state index contributed by atoms with van der Waals surface area (Å²) in [6.45, 7) is 1.32. The van der Waals surface area contributed by atoms with Crippen LogP contribution in [0.15, 0.2) is 42.5 Å². The Hall–Kier alpha value is -2.73. The highest BCUT2D eigenvalue weighted by molar-refractivity contribution is 6.30. The van der Waals surface area contributed by atoms with Gasteiger partial charge in [0.05, 0.1) is 13.2 Å². The predicted molar refractivity (Wildman–Crippen MR) is 93.0 cm³/mol. The fraction of sp³-hybridized carbons (Fsp3) is 0.222. The van der Waals surface area contributed by atoms with E-state index in [9.17, 15) is 14.7 Å². The van der Waals surface area contributed by atoms with Crippen LogP contribution in [-0.4, -0.2) is 30.7 Å². The number of rotatable bonds is 6. The second-order valence-electron chi connectivity index (χ2n) is 5.30. The van der Waals surface area contributed by atoms with Gasteiger partial charge in [0.25, 0.3) is 5.91 Å². The number of hydrogen-bond donors (Lipinski definition) is 2. The lowest BCUT2D eigenvalue weighted by Gasteiger charge is -2.15. The third kappa shape index (κ3) is 5.12. The summed E-state index contributed by atoms with van der Waals surface area (Å²) in [5.41, 5.74) is 0.757. The van der Waals surface area contributed by atoms with Gasteiger partial charge in [0.1, 0.15) is 17.1 Å². The second kappa shape index (κ2) is 8.39. The van der Waals surface area contributed by atoms with Crippen molar-refractivity contribution >= 4 is 23.5 Å². The van der Waals surface area contributed by atoms with Crippen LogP contribution in [0.4, 0.5) is 0 Å². The fourth-order valence-corrected chi connectivity index (χ4v) is 2.36. The van der Waals surface area contributed by atoms with Gasteiger partial charge in [-0.1, -0.05) is 23.7 Å². The Morgan fingerprint density at radius 3 is 2.68 bits per heavy atom. The van der Waals surface area contributed by atoms with Crippen LogP contribution in [0.1, 0.15) is 28.9 Å². The lowest BCUT2D eigenvalue weighted by molar-refractivity contribution is -0.124. The summed E-state index contributed by atoms with van der Waals surface area (Å²) < 4.78 is 9.93. The van der Waals surface area contributed by atoms with Gasteiger partial charge in [0, 0.05) is 5.02 Å². The molecule has 0 saturated carbocycles. The summed E-state index contributed by atoms with van der Waals surface area (Å²) in [5, 5.41) is 13.0. The summed E-state index contributed by atoms with van der Waals surface area (Å²) in [7, 11) is 1.44. The van der Waals surface area contributed by atoms with Gasteiger partial charge < -0.3 is 19.9 Å². The SMILES string of the molecule is COc1ccc(O)c(C(=O)OCC(=O)NC(C)c2cccc(Cl)c2)c1. The van der Waals surface area contributed by atoms with Crippen molar-refractivity contribution in [3.8, 4) is 11.5 Å². The Bertz CT molecular complexity index is 778. The minimum atomic E-state index is -0.818. The molecule has 1 atom stereocenters. The summed E-state index contributed by atoms with van der Waals surface area (Å²) in [6.07, 6.45) is 0. The molecule has 132 valence electrons. The van der Waals surface area contributed by atoms with Gasteiger partial charge in [-0.05, 0) is 42.8 Å². The van der Waals surface area contributed by atoms with E-state index in [1.165, 1.54) is 25.3 Å². The van der Waals surface area contributed by atoms with Gasteiger partial charge in [-0.15, -0.1) is 0 Å². The molecule has 0 aliphatic heterocycles. The molecule has 2 rings (SSSR count). The number of ether oxygens (including phenoxy) is 2. The summed E-state index contributed by atoms with van der Waals surface area (Å²) in [4.78, 5) is 24.0. The number of nitrogens with one attached hydrogen (secondary N) is 1. The highest BCUT2D eigenvalue weighted by Gasteiger charge is 2.17. The van der Waals surface area contributed by atoms with Gasteiger partial charge in [0.2, 0.25) is 0 Å². The van der Waals surface area contributed by atoms with Crippen molar-refractivity contribution in [1.29, 1.82) is 0 Å². The first-order valence-corrected chi connectivity index (χ1v) is 7.87. The summed E-state index contributed by atoms with van der Waals surface area (Å²) >= 11 is 5.92. The van der Waals surface area contributed by atoms with E-state index in [1.807, 2.05) is 6.07 Å². The Kier molecular flexibility index (Phi) is 6.25. The lowest BCUT2D eigenvalue weighted by atomic mass is 10.1. The number of benzene rings is 2. The van der Waals surface area contributed by atoms with Gasteiger partial charge in [-0.25, -0.2) is 4.79 Å². The number of phenolic OH excluding ortho intramolecular Hbond substituents is 1. The maximum Gasteiger partial charge on any atom is 0.342 e. The molecule has 0 spiro atoms. The van der Waals surface area contributed by atoms with Crippen molar-refractivity contribution < 1.29 is 24.2 Å². The van der Waals surface area contributed by atoms with Gasteiger partial charge in [-0.2, -0.15) is 0 Å². The average molecular weight is 364 g/mol. The molecule has 0 aliphatic carbocycles. The maximum absolute atomic E-state index is 12.0. The number of phenols is 1. The van der Waals surface area contributed by atoms with Gasteiger partial charge in [-0.3, -0.25) is 4.79 Å². The van der Waals surface area contributed by atoms with E-state index in [0.29, 0.717) is 10.8 Å². The molecular weight excluding hydrogens is 346 g/mol. The number of halogens is 1. The van der Waals surface area contributed by atoms with Crippen LogP contribution in [0.25, 0.3) is 0 Å². The van der Waals surface area contributed by atoms with Crippen LogP contribution in [0.2, 0.25) is 5.02 Å². The first-order valence-electron chi connectivity index (χ1n) is 7.49. The minimum Gasteiger partial charge on any atom is -0.507 e. The molecule has 2 aromatic rings. The number of aromatic hydroxyl groups is 1. The van der Waals surface area contributed by atoms with E-state index in [1.54, 1.807) is 25.1 Å². The minimum absolute atomic E-state index is 0.0740. The smallest absolute Gasteiger partial charge is 0.342 e. The zero-order valence-electron chi connectivity index (χ0n) is 13.8. The van der Waals surface area contributed by atoms with E-state index < -0.39 is 18.5 Å². The lowest BCUT2D eigenvalue weighted by Crippen LogP contribution is -2.31. The molecule has 2 N–H and O–H groups in total. The van der Waals surface area contributed by atoms with Crippen LogP contribution in [0.5, 0.6) is 11.5 Å². The normalized spacial score (nSPS) is 11.5. The van der Waals surface area contributed by atoms with Crippen LogP contribution in [-0.2, 0) is 9.53 Å². The number of methoxy groups -OCH3 is 1. The second-order valence-corrected chi connectivity index (χ2v) is 5.74. The quantitative estimate of drug-likeness (QED) is 0.770. The molecule has 0 radical (unpaired) electrons. The number of carbonyl (C=O) groups is 2. The molecule has 0 aliphatic rings. The third-order valence-electron chi connectivity index (χ3n) is 3.48. The Labute approximate surface area is 150 Å². The van der Waals surface area contributed by atoms with Crippen molar-refractivity contribution in [3.63, 3.8) is 0 Å². The Balaban J connectivity index is 1.92. The number of hydrogen-bond acceptors (Lipinski definition) is 5. The molecule has 0 saturated heterocycles. The highest BCUT2D eigenvalue weighted by atomic mass is 35.5. The van der Waals surface area contributed by atoms with Crippen LogP contribution in [0.3, 0.4) is 0 Å². The molecule has 7 heteroatoms. The zero-order chi connectivity index (χ0) is 18.4. The van der Waals surface area contributed by atoms with Crippen molar-refractivity contribution in [2.45, 2.75) is 13.0 Å². The average Bonchev–Trinajstić information content (AvgIpc) is 2.60. The van der Waals surface area contributed by atoms with E-state index in [0.717, 1.165) is 5.56 Å². The zero-order valence-corrected chi connectivity index (χ0v) is 14.5. The number of esters is 1. The molecule has 1 amide bonds. The van der Waals surface area contributed by atoms with Crippen molar-refractivity contribution in [2.24, 2.45) is 0 Å². The van der Waals surface area contributed by atoms with E-state index >= 15 is 0 Å². The van der Waals surface area contributed by atoms with E-state index in [2.05, 4.69) is 5.32 Å². The standard InChI is InChI=1S/C18H18ClNO5/c1-11(12-4-3-5-13(19)8-12)20-17(22)10-25-18(23)15-9-14(24-2)6-7-16(15)21/h3-9,11,21H,10H2,1-2H3,(H,20,22). The van der Waals surface area contributed by atoms with Crippen molar-refractivity contribution in [3.05, 3.63) is 58.6 Å². The molecule has 0 heterocycles. The first kappa shape index (κ1) is 18.6. The molecule has 1 unspecified atom stereocenters. The largest absolute Gasteiger partial charge is 0.507 e. The molecule has 0 bridgehead atoms. The van der Waals surface area contributed by atoms with E-state index in [-0.39, 0.29) is 17.4 Å². The Morgan fingerprint density at radius 1 is 1.24 bits per heavy atom. The molecule has 0 fully saturated rings. The Morgan fingerprint density at radius 2 is 2.00 bits per heavy atom. The monoisotopic (exact) mass is 363 g/mol.